The molecule has 0 fully saturated rings. The van der Waals surface area contributed by atoms with Gasteiger partial charge in [0.05, 0.1) is 5.25 Å². The van der Waals surface area contributed by atoms with Crippen LogP contribution in [0.4, 0.5) is 0 Å². The van der Waals surface area contributed by atoms with Gasteiger partial charge in [0.25, 0.3) is 0 Å². The second kappa shape index (κ2) is 6.90. The van der Waals surface area contributed by atoms with Crippen LogP contribution in [0, 0.1) is 0 Å². The van der Waals surface area contributed by atoms with Crippen LogP contribution >= 0.6 is 23.5 Å². The highest BCUT2D eigenvalue weighted by atomic mass is 32.2. The van der Waals surface area contributed by atoms with Crippen molar-refractivity contribution in [3.8, 4) is 0 Å². The molecule has 4 heteroatoms. The molecule has 1 aromatic heterocycles. The van der Waals surface area contributed by atoms with E-state index in [1.54, 1.807) is 35.9 Å². The molecule has 1 unspecified atom stereocenters. The lowest BCUT2D eigenvalue weighted by atomic mass is 10.5. The van der Waals surface area contributed by atoms with Crippen molar-refractivity contribution in [3.05, 3.63) is 24.5 Å². The van der Waals surface area contributed by atoms with Gasteiger partial charge in [0.1, 0.15) is 6.29 Å². The summed E-state index contributed by atoms with van der Waals surface area (Å²) in [7, 11) is 0. The lowest BCUT2D eigenvalue weighted by molar-refractivity contribution is -0.107. The third-order valence-electron chi connectivity index (χ3n) is 1.58. The molecule has 0 bridgehead atoms. The Morgan fingerprint density at radius 3 is 2.79 bits per heavy atom. The van der Waals surface area contributed by atoms with Gasteiger partial charge in [-0.3, -0.25) is 4.98 Å². The van der Waals surface area contributed by atoms with Crippen LogP contribution in [0.15, 0.2) is 29.4 Å². The first-order valence-corrected chi connectivity index (χ1v) is 6.50. The topological polar surface area (TPSA) is 30.0 Å². The van der Waals surface area contributed by atoms with E-state index in [1.807, 2.05) is 12.1 Å². The average Bonchev–Trinajstić information content (AvgIpc) is 2.25. The molecule has 1 heterocycles. The Kier molecular flexibility index (Phi) is 5.71. The molecule has 0 spiro atoms. The van der Waals surface area contributed by atoms with Crippen LogP contribution in [0.1, 0.15) is 6.92 Å². The van der Waals surface area contributed by atoms with Crippen LogP contribution < -0.4 is 0 Å². The van der Waals surface area contributed by atoms with Gasteiger partial charge in [0.15, 0.2) is 0 Å². The van der Waals surface area contributed by atoms with Crippen LogP contribution in [0.25, 0.3) is 0 Å². The lowest BCUT2D eigenvalue weighted by Crippen LogP contribution is -2.07. The number of hydrogen-bond donors (Lipinski definition) is 0. The SMILES string of the molecule is CCSCC(C=O)Sc1ccncc1. The summed E-state index contributed by atoms with van der Waals surface area (Å²) in [6, 6.07) is 3.86. The van der Waals surface area contributed by atoms with Crippen molar-refractivity contribution in [1.82, 2.24) is 4.98 Å². The Balaban J connectivity index is 2.44. The van der Waals surface area contributed by atoms with Gasteiger partial charge in [-0.05, 0) is 17.9 Å². The summed E-state index contributed by atoms with van der Waals surface area (Å²) in [5, 5.41) is 0.0577. The number of aromatic nitrogens is 1. The molecule has 0 saturated heterocycles. The zero-order chi connectivity index (χ0) is 10.2. The number of nitrogens with zero attached hydrogens (tertiary/aromatic N) is 1. The number of pyridine rings is 1. The van der Waals surface area contributed by atoms with Gasteiger partial charge in [0, 0.05) is 23.0 Å². The molecule has 0 N–H and O–H groups in total. The highest BCUT2D eigenvalue weighted by molar-refractivity contribution is 8.03. The molecule has 0 radical (unpaired) electrons. The smallest absolute Gasteiger partial charge is 0.134 e. The average molecular weight is 227 g/mol. The van der Waals surface area contributed by atoms with E-state index in [2.05, 4.69) is 11.9 Å². The molecular weight excluding hydrogens is 214 g/mol. The minimum Gasteiger partial charge on any atom is -0.302 e. The van der Waals surface area contributed by atoms with Gasteiger partial charge in [-0.15, -0.1) is 11.8 Å². The highest BCUT2D eigenvalue weighted by Crippen LogP contribution is 2.23. The largest absolute Gasteiger partial charge is 0.302 e. The molecule has 0 aliphatic heterocycles. The number of thioether (sulfide) groups is 2. The number of rotatable bonds is 6. The molecule has 0 amide bonds. The standard InChI is InChI=1S/C10H13NOS2/c1-2-13-8-10(7-12)14-9-3-5-11-6-4-9/h3-7,10H,2,8H2,1H3. The fourth-order valence-electron chi connectivity index (χ4n) is 0.927. The van der Waals surface area contributed by atoms with Crippen LogP contribution in [-0.2, 0) is 4.79 Å². The summed E-state index contributed by atoms with van der Waals surface area (Å²) >= 11 is 3.39. The molecule has 76 valence electrons. The maximum Gasteiger partial charge on any atom is 0.134 e. The third kappa shape index (κ3) is 4.15. The Morgan fingerprint density at radius 2 is 2.21 bits per heavy atom. The van der Waals surface area contributed by atoms with E-state index in [0.29, 0.717) is 0 Å². The number of carbonyl (C=O) groups is 1. The summed E-state index contributed by atoms with van der Waals surface area (Å²) in [6.07, 6.45) is 4.52. The van der Waals surface area contributed by atoms with Crippen molar-refractivity contribution in [2.75, 3.05) is 11.5 Å². The second-order valence-corrected chi connectivity index (χ2v) is 5.27. The molecule has 0 saturated carbocycles. The summed E-state index contributed by atoms with van der Waals surface area (Å²) < 4.78 is 0. The van der Waals surface area contributed by atoms with Gasteiger partial charge in [-0.1, -0.05) is 6.92 Å². The molecule has 2 nitrogen and oxygen atoms in total. The van der Waals surface area contributed by atoms with Gasteiger partial charge in [-0.25, -0.2) is 0 Å². The number of aldehydes is 1. The lowest BCUT2D eigenvalue weighted by Gasteiger charge is -2.08. The first-order valence-electron chi connectivity index (χ1n) is 4.46. The van der Waals surface area contributed by atoms with Gasteiger partial charge >= 0.3 is 0 Å². The van der Waals surface area contributed by atoms with E-state index >= 15 is 0 Å². The number of hydrogen-bond acceptors (Lipinski definition) is 4. The van der Waals surface area contributed by atoms with Crippen molar-refractivity contribution in [2.24, 2.45) is 0 Å². The minimum absolute atomic E-state index is 0.0577. The molecule has 0 aliphatic rings. The molecule has 14 heavy (non-hydrogen) atoms. The van der Waals surface area contributed by atoms with E-state index in [4.69, 9.17) is 0 Å². The van der Waals surface area contributed by atoms with Crippen molar-refractivity contribution in [1.29, 1.82) is 0 Å². The third-order valence-corrected chi connectivity index (χ3v) is 3.91. The first kappa shape index (κ1) is 11.6. The predicted molar refractivity (Wildman–Crippen MR) is 62.9 cm³/mol. The van der Waals surface area contributed by atoms with E-state index in [-0.39, 0.29) is 5.25 Å². The summed E-state index contributed by atoms with van der Waals surface area (Å²) in [5.41, 5.74) is 0. The van der Waals surface area contributed by atoms with Crippen LogP contribution in [0.3, 0.4) is 0 Å². The molecule has 1 atom stereocenters. The van der Waals surface area contributed by atoms with Crippen LogP contribution in [-0.4, -0.2) is 28.0 Å². The van der Waals surface area contributed by atoms with Gasteiger partial charge in [0.2, 0.25) is 0 Å². The maximum absolute atomic E-state index is 10.8. The van der Waals surface area contributed by atoms with Gasteiger partial charge in [-0.2, -0.15) is 11.8 Å². The molecule has 1 aromatic rings. The van der Waals surface area contributed by atoms with E-state index in [1.165, 1.54) is 0 Å². The van der Waals surface area contributed by atoms with E-state index in [0.717, 1.165) is 22.7 Å². The first-order chi connectivity index (χ1) is 6.86. The predicted octanol–water partition coefficient (Wildman–Crippen LogP) is 2.49. The minimum atomic E-state index is 0.0577. The van der Waals surface area contributed by atoms with Crippen molar-refractivity contribution in [2.45, 2.75) is 17.1 Å². The molecule has 0 aromatic carbocycles. The highest BCUT2D eigenvalue weighted by Gasteiger charge is 2.08. The number of carbonyl (C=O) groups excluding carboxylic acids is 1. The monoisotopic (exact) mass is 227 g/mol. The summed E-state index contributed by atoms with van der Waals surface area (Å²) in [6.45, 7) is 2.10. The van der Waals surface area contributed by atoms with Crippen molar-refractivity contribution < 1.29 is 4.79 Å². The fraction of sp³-hybridized carbons (Fsp3) is 0.400. The normalized spacial score (nSPS) is 12.4. The summed E-state index contributed by atoms with van der Waals surface area (Å²) in [5.74, 6) is 1.94. The maximum atomic E-state index is 10.8. The molecule has 1 rings (SSSR count). The van der Waals surface area contributed by atoms with Gasteiger partial charge < -0.3 is 4.79 Å². The van der Waals surface area contributed by atoms with Crippen LogP contribution in [0.2, 0.25) is 0 Å². The Labute approximate surface area is 92.9 Å². The van der Waals surface area contributed by atoms with Crippen molar-refractivity contribution in [3.63, 3.8) is 0 Å². The van der Waals surface area contributed by atoms with E-state index in [9.17, 15) is 4.79 Å². The summed E-state index contributed by atoms with van der Waals surface area (Å²) in [4.78, 5) is 15.8. The second-order valence-electron chi connectivity index (χ2n) is 2.63. The zero-order valence-electron chi connectivity index (χ0n) is 8.05. The zero-order valence-corrected chi connectivity index (χ0v) is 9.68. The van der Waals surface area contributed by atoms with Crippen molar-refractivity contribution >= 4 is 29.8 Å². The quantitative estimate of drug-likeness (QED) is 0.552. The Bertz CT molecular complexity index is 266. The molecular formula is C10H13NOS2. The van der Waals surface area contributed by atoms with Crippen LogP contribution in [0.5, 0.6) is 0 Å². The van der Waals surface area contributed by atoms with E-state index < -0.39 is 0 Å². The fourth-order valence-corrected chi connectivity index (χ4v) is 2.72. The molecule has 0 aliphatic carbocycles. The Hall–Kier alpha value is -0.480. The Morgan fingerprint density at radius 1 is 1.50 bits per heavy atom.